The van der Waals surface area contributed by atoms with Gasteiger partial charge in [-0.2, -0.15) is 5.10 Å². The van der Waals surface area contributed by atoms with Crippen LogP contribution in [-0.2, 0) is 23.9 Å². The van der Waals surface area contributed by atoms with Gasteiger partial charge in [0.05, 0.1) is 20.3 Å². The fourth-order valence-electron chi connectivity index (χ4n) is 4.13. The fourth-order valence-corrected chi connectivity index (χ4v) is 4.13. The Morgan fingerprint density at radius 3 is 2.07 bits per heavy atom. The number of benzene rings is 2. The molecule has 0 N–H and O–H groups in total. The van der Waals surface area contributed by atoms with Crippen molar-refractivity contribution in [2.75, 3.05) is 14.2 Å². The number of fused-ring (bicyclic) bond motifs is 1. The van der Waals surface area contributed by atoms with E-state index in [0.717, 1.165) is 11.1 Å². The van der Waals surface area contributed by atoms with Crippen LogP contribution in [-0.4, -0.2) is 48.2 Å². The third kappa shape index (κ3) is 2.74. The zero-order chi connectivity index (χ0) is 21.3. The second-order valence-corrected chi connectivity index (χ2v) is 7.00. The minimum atomic E-state index is -1.85. The van der Waals surface area contributed by atoms with Crippen LogP contribution in [0.3, 0.4) is 0 Å². The number of nitrogens with zero attached hydrogens (tertiary/aromatic N) is 2. The Labute approximate surface area is 173 Å². The summed E-state index contributed by atoms with van der Waals surface area (Å²) in [5.74, 6) is -3.12. The van der Waals surface area contributed by atoms with E-state index >= 15 is 0 Å². The molecule has 7 heteroatoms. The Kier molecular flexibility index (Phi) is 4.95. The minimum Gasteiger partial charge on any atom is -0.467 e. The first kappa shape index (κ1) is 19.6. The molecule has 4 rings (SSSR count). The van der Waals surface area contributed by atoms with Crippen LogP contribution in [0, 0.1) is 0 Å². The molecule has 2 aromatic rings. The van der Waals surface area contributed by atoms with Crippen molar-refractivity contribution in [1.82, 2.24) is 5.01 Å². The Hall–Kier alpha value is -3.74. The fraction of sp³-hybridized carbons (Fsp3) is 0.217. The number of carbonyl (C=O) groups excluding carboxylic acids is 3. The lowest BCUT2D eigenvalue weighted by molar-refractivity contribution is -0.160. The number of methoxy groups -OCH3 is 2. The van der Waals surface area contributed by atoms with Crippen molar-refractivity contribution >= 4 is 23.4 Å². The average Bonchev–Trinajstić information content (AvgIpc) is 3.12. The first-order chi connectivity index (χ1) is 14.6. The molecule has 3 atom stereocenters. The molecule has 152 valence electrons. The van der Waals surface area contributed by atoms with E-state index < -0.39 is 40.9 Å². The lowest BCUT2D eigenvalue weighted by Crippen LogP contribution is -2.62. The Morgan fingerprint density at radius 1 is 0.900 bits per heavy atom. The highest BCUT2D eigenvalue weighted by Crippen LogP contribution is 2.48. The largest absolute Gasteiger partial charge is 0.467 e. The van der Waals surface area contributed by atoms with Gasteiger partial charge in [0.2, 0.25) is 17.0 Å². The molecule has 2 heterocycles. The number of carbonyl (C=O) groups is 3. The van der Waals surface area contributed by atoms with Gasteiger partial charge in [-0.15, -0.1) is 0 Å². The van der Waals surface area contributed by atoms with Crippen molar-refractivity contribution < 1.29 is 23.9 Å². The number of esters is 2. The molecule has 0 aliphatic carbocycles. The Morgan fingerprint density at radius 2 is 1.50 bits per heavy atom. The van der Waals surface area contributed by atoms with Crippen molar-refractivity contribution in [1.29, 1.82) is 0 Å². The van der Waals surface area contributed by atoms with Gasteiger partial charge in [0, 0.05) is 5.92 Å². The van der Waals surface area contributed by atoms with Gasteiger partial charge in [0.25, 0.3) is 0 Å². The van der Waals surface area contributed by atoms with E-state index in [1.165, 1.54) is 19.2 Å². The SMILES string of the molecule is COC(=O)C1=NN2C(c3ccccc3)C=CC(c3ccccc3)C2(C(=O)OC)C1=O. The van der Waals surface area contributed by atoms with Crippen LogP contribution < -0.4 is 0 Å². The van der Waals surface area contributed by atoms with E-state index in [1.807, 2.05) is 72.8 Å². The molecular weight excluding hydrogens is 384 g/mol. The predicted molar refractivity (Wildman–Crippen MR) is 109 cm³/mol. The maximum atomic E-state index is 13.6. The van der Waals surface area contributed by atoms with Crippen LogP contribution in [0.5, 0.6) is 0 Å². The van der Waals surface area contributed by atoms with Gasteiger partial charge < -0.3 is 9.47 Å². The van der Waals surface area contributed by atoms with Gasteiger partial charge in [-0.25, -0.2) is 9.59 Å². The van der Waals surface area contributed by atoms with Crippen molar-refractivity contribution in [2.24, 2.45) is 5.10 Å². The van der Waals surface area contributed by atoms with E-state index in [9.17, 15) is 14.4 Å². The monoisotopic (exact) mass is 404 g/mol. The molecule has 0 fully saturated rings. The van der Waals surface area contributed by atoms with E-state index in [0.29, 0.717) is 0 Å². The van der Waals surface area contributed by atoms with E-state index in [-0.39, 0.29) is 0 Å². The summed E-state index contributed by atoms with van der Waals surface area (Å²) in [5, 5.41) is 5.70. The Balaban J connectivity index is 1.97. The molecule has 2 aliphatic rings. The zero-order valence-electron chi connectivity index (χ0n) is 16.5. The van der Waals surface area contributed by atoms with Crippen LogP contribution >= 0.6 is 0 Å². The maximum Gasteiger partial charge on any atom is 0.362 e. The molecule has 0 saturated carbocycles. The van der Waals surface area contributed by atoms with Gasteiger partial charge in [-0.05, 0) is 11.1 Å². The van der Waals surface area contributed by atoms with Crippen LogP contribution in [0.2, 0.25) is 0 Å². The summed E-state index contributed by atoms with van der Waals surface area (Å²) in [7, 11) is 2.39. The van der Waals surface area contributed by atoms with Crippen LogP contribution in [0.15, 0.2) is 77.9 Å². The van der Waals surface area contributed by atoms with Gasteiger partial charge in [-0.3, -0.25) is 9.80 Å². The van der Waals surface area contributed by atoms with Crippen LogP contribution in [0.1, 0.15) is 23.1 Å². The predicted octanol–water partition coefficient (Wildman–Crippen LogP) is 2.41. The lowest BCUT2D eigenvalue weighted by atomic mass is 9.71. The molecule has 7 nitrogen and oxygen atoms in total. The average molecular weight is 404 g/mol. The number of ketones is 1. The summed E-state index contributed by atoms with van der Waals surface area (Å²) < 4.78 is 9.86. The highest BCUT2D eigenvalue weighted by atomic mass is 16.5. The summed E-state index contributed by atoms with van der Waals surface area (Å²) >= 11 is 0. The quantitative estimate of drug-likeness (QED) is 0.442. The molecule has 0 aromatic heterocycles. The van der Waals surface area contributed by atoms with Crippen molar-refractivity contribution in [3.63, 3.8) is 0 Å². The summed E-state index contributed by atoms with van der Waals surface area (Å²) in [6.07, 6.45) is 3.69. The molecule has 0 spiro atoms. The number of ether oxygens (including phenoxy) is 2. The topological polar surface area (TPSA) is 85.3 Å². The summed E-state index contributed by atoms with van der Waals surface area (Å²) in [6.45, 7) is 0. The lowest BCUT2D eigenvalue weighted by Gasteiger charge is -2.44. The van der Waals surface area contributed by atoms with Gasteiger partial charge in [0.15, 0.2) is 0 Å². The highest BCUT2D eigenvalue weighted by Gasteiger charge is 2.66. The molecule has 2 aliphatic heterocycles. The van der Waals surface area contributed by atoms with Crippen LogP contribution in [0.25, 0.3) is 0 Å². The molecule has 30 heavy (non-hydrogen) atoms. The first-order valence-electron chi connectivity index (χ1n) is 9.43. The normalized spacial score (nSPS) is 24.8. The molecule has 3 unspecified atom stereocenters. The number of Topliss-reactive ketones (excluding diaryl/α,β-unsaturated/α-hetero) is 1. The van der Waals surface area contributed by atoms with E-state index in [2.05, 4.69) is 5.10 Å². The zero-order valence-corrected chi connectivity index (χ0v) is 16.5. The maximum absolute atomic E-state index is 13.6. The first-order valence-corrected chi connectivity index (χ1v) is 9.43. The molecule has 0 amide bonds. The molecule has 0 saturated heterocycles. The number of hydrogen-bond acceptors (Lipinski definition) is 7. The van der Waals surface area contributed by atoms with Gasteiger partial charge in [-0.1, -0.05) is 72.8 Å². The summed E-state index contributed by atoms with van der Waals surface area (Å²) in [5.41, 5.74) is -0.732. The van der Waals surface area contributed by atoms with E-state index in [1.54, 1.807) is 0 Å². The van der Waals surface area contributed by atoms with Crippen molar-refractivity contribution in [3.8, 4) is 0 Å². The van der Waals surface area contributed by atoms with Gasteiger partial charge >= 0.3 is 11.9 Å². The second kappa shape index (κ2) is 7.59. The summed E-state index contributed by atoms with van der Waals surface area (Å²) in [4.78, 5) is 39.2. The minimum absolute atomic E-state index is 0.423. The third-order valence-corrected chi connectivity index (χ3v) is 5.50. The molecule has 2 aromatic carbocycles. The smallest absolute Gasteiger partial charge is 0.362 e. The molecule has 0 bridgehead atoms. The summed E-state index contributed by atoms with van der Waals surface area (Å²) in [6, 6.07) is 17.9. The van der Waals surface area contributed by atoms with Crippen molar-refractivity contribution in [3.05, 3.63) is 83.9 Å². The Bertz CT molecular complexity index is 1050. The molecule has 0 radical (unpaired) electrons. The molecular formula is C23H20N2O5. The number of hydrogen-bond donors (Lipinski definition) is 0. The van der Waals surface area contributed by atoms with Crippen molar-refractivity contribution in [2.45, 2.75) is 17.5 Å². The standard InChI is InChI=1S/C23H20N2O5/c1-29-21(27)19-20(26)23(22(28)30-2)17(15-9-5-3-6-10-15)13-14-18(25(23)24-19)16-11-7-4-8-12-16/h3-14,17-18H,1-2H3. The second-order valence-electron chi connectivity index (χ2n) is 7.00. The number of rotatable bonds is 4. The van der Waals surface area contributed by atoms with E-state index in [4.69, 9.17) is 9.47 Å². The van der Waals surface area contributed by atoms with Crippen LogP contribution in [0.4, 0.5) is 0 Å². The highest BCUT2D eigenvalue weighted by molar-refractivity contribution is 6.68. The van der Waals surface area contributed by atoms with Gasteiger partial charge in [0.1, 0.15) is 0 Å². The number of hydrazone groups is 1. The third-order valence-electron chi connectivity index (χ3n) is 5.50.